The normalized spacial score (nSPS) is 11.8. The molecule has 0 unspecified atom stereocenters. The van der Waals surface area contributed by atoms with Crippen LogP contribution in [0.3, 0.4) is 0 Å². The Morgan fingerprint density at radius 2 is 1.70 bits per heavy atom. The van der Waals surface area contributed by atoms with Crippen molar-refractivity contribution in [1.29, 1.82) is 0 Å². The van der Waals surface area contributed by atoms with Gasteiger partial charge in [-0.2, -0.15) is 5.10 Å². The molecule has 0 spiro atoms. The van der Waals surface area contributed by atoms with Gasteiger partial charge in [0.25, 0.3) is 0 Å². The molecule has 2 heterocycles. The van der Waals surface area contributed by atoms with Crippen LogP contribution in [0.2, 0.25) is 15.1 Å². The number of benzene rings is 2. The molecule has 2 aromatic heterocycles. The summed E-state index contributed by atoms with van der Waals surface area (Å²) in [6.45, 7) is 8.77. The summed E-state index contributed by atoms with van der Waals surface area (Å²) >= 11 is 20.3. The average molecular weight is 522 g/mol. The van der Waals surface area contributed by atoms with Crippen LogP contribution in [-0.4, -0.2) is 26.6 Å². The van der Waals surface area contributed by atoms with E-state index in [1.807, 2.05) is 55.8 Å². The van der Waals surface area contributed by atoms with Crippen LogP contribution in [0.1, 0.15) is 37.8 Å². The quantitative estimate of drug-likeness (QED) is 0.247. The zero-order chi connectivity index (χ0) is 23.8. The molecule has 4 rings (SSSR count). The number of hydrogen-bond donors (Lipinski definition) is 0. The Kier molecular flexibility index (Phi) is 7.12. The minimum Gasteiger partial charge on any atom is -0.368 e. The number of halogens is 3. The molecule has 0 saturated heterocycles. The third kappa shape index (κ3) is 4.96. The number of nitrogens with zero attached hydrogens (tertiary/aromatic N) is 4. The number of rotatable bonds is 7. The molecule has 0 aliphatic carbocycles. The van der Waals surface area contributed by atoms with E-state index < -0.39 is 5.60 Å². The molecule has 0 N–H and O–H groups in total. The summed E-state index contributed by atoms with van der Waals surface area (Å²) in [5.41, 5.74) is 3.74. The van der Waals surface area contributed by atoms with Crippen LogP contribution in [0.25, 0.3) is 27.6 Å². The molecule has 33 heavy (non-hydrogen) atoms. The van der Waals surface area contributed by atoms with Gasteiger partial charge in [-0.05, 0) is 57.5 Å². The van der Waals surface area contributed by atoms with Gasteiger partial charge in [0, 0.05) is 27.8 Å². The largest absolute Gasteiger partial charge is 0.368 e. The SMILES string of the molecule is CCCOC(C)(C)c1nnc(-c2nn(-c3ccc(Cl)cc3Cl)c(-c3ccc(Cl)cc3)c2C)s1. The van der Waals surface area contributed by atoms with Gasteiger partial charge in [-0.3, -0.25) is 0 Å². The summed E-state index contributed by atoms with van der Waals surface area (Å²) in [7, 11) is 0. The number of ether oxygens (including phenoxy) is 1. The lowest BCUT2D eigenvalue weighted by molar-refractivity contribution is -0.0218. The second-order valence-corrected chi connectivity index (χ2v) is 10.4. The van der Waals surface area contributed by atoms with Crippen LogP contribution in [-0.2, 0) is 10.3 Å². The predicted molar refractivity (Wildman–Crippen MR) is 137 cm³/mol. The predicted octanol–water partition coefficient (Wildman–Crippen LogP) is 7.99. The topological polar surface area (TPSA) is 52.8 Å². The van der Waals surface area contributed by atoms with Crippen molar-refractivity contribution in [2.75, 3.05) is 6.61 Å². The van der Waals surface area contributed by atoms with Crippen LogP contribution in [0, 0.1) is 6.92 Å². The Balaban J connectivity index is 1.87. The molecular formula is C24H23Cl3N4OS. The van der Waals surface area contributed by atoms with E-state index in [0.717, 1.165) is 44.6 Å². The molecule has 172 valence electrons. The standard InChI is InChI=1S/C24H23Cl3N4OS/c1-5-12-32-24(3,4)23-29-28-22(33-23)20-14(2)21(15-6-8-16(25)9-7-15)31(30-20)19-11-10-17(26)13-18(19)27/h6-11,13H,5,12H2,1-4H3. The summed E-state index contributed by atoms with van der Waals surface area (Å²) in [5, 5.41) is 17.0. The van der Waals surface area contributed by atoms with E-state index in [2.05, 4.69) is 17.1 Å². The van der Waals surface area contributed by atoms with Crippen molar-refractivity contribution in [2.24, 2.45) is 0 Å². The highest BCUT2D eigenvalue weighted by Crippen LogP contribution is 2.39. The fourth-order valence-electron chi connectivity index (χ4n) is 3.45. The van der Waals surface area contributed by atoms with Gasteiger partial charge in [0.2, 0.25) is 0 Å². The molecule has 0 saturated carbocycles. The lowest BCUT2D eigenvalue weighted by Crippen LogP contribution is -2.21. The molecule has 0 bridgehead atoms. The van der Waals surface area contributed by atoms with Crippen molar-refractivity contribution >= 4 is 46.1 Å². The molecular weight excluding hydrogens is 499 g/mol. The second kappa shape index (κ2) is 9.72. The first kappa shape index (κ1) is 24.2. The van der Waals surface area contributed by atoms with E-state index in [1.165, 1.54) is 11.3 Å². The Hall–Kier alpha value is -1.96. The van der Waals surface area contributed by atoms with Crippen molar-refractivity contribution < 1.29 is 4.74 Å². The van der Waals surface area contributed by atoms with Crippen LogP contribution in [0.5, 0.6) is 0 Å². The maximum Gasteiger partial charge on any atom is 0.168 e. The van der Waals surface area contributed by atoms with Gasteiger partial charge < -0.3 is 4.74 Å². The van der Waals surface area contributed by atoms with Crippen LogP contribution in [0.15, 0.2) is 42.5 Å². The highest BCUT2D eigenvalue weighted by Gasteiger charge is 2.28. The zero-order valence-electron chi connectivity index (χ0n) is 18.7. The first-order valence-electron chi connectivity index (χ1n) is 10.5. The molecule has 2 aromatic carbocycles. The minimum atomic E-state index is -0.527. The highest BCUT2D eigenvalue weighted by molar-refractivity contribution is 7.14. The molecule has 4 aromatic rings. The Morgan fingerprint density at radius 3 is 2.36 bits per heavy atom. The van der Waals surface area contributed by atoms with Gasteiger partial charge in [0.1, 0.15) is 16.3 Å². The molecule has 0 aliphatic rings. The highest BCUT2D eigenvalue weighted by atomic mass is 35.5. The molecule has 0 atom stereocenters. The lowest BCUT2D eigenvalue weighted by Gasteiger charge is -2.21. The summed E-state index contributed by atoms with van der Waals surface area (Å²) in [5.74, 6) is 0. The van der Waals surface area contributed by atoms with E-state index in [0.29, 0.717) is 21.7 Å². The molecule has 9 heteroatoms. The molecule has 0 fully saturated rings. The van der Waals surface area contributed by atoms with E-state index in [4.69, 9.17) is 44.6 Å². The smallest absolute Gasteiger partial charge is 0.168 e. The first-order chi connectivity index (χ1) is 15.7. The maximum absolute atomic E-state index is 6.56. The molecule has 0 aliphatic heterocycles. The molecule has 0 amide bonds. The zero-order valence-corrected chi connectivity index (χ0v) is 21.8. The van der Waals surface area contributed by atoms with E-state index in [-0.39, 0.29) is 0 Å². The van der Waals surface area contributed by atoms with Gasteiger partial charge >= 0.3 is 0 Å². The second-order valence-electron chi connectivity index (χ2n) is 8.11. The van der Waals surface area contributed by atoms with Gasteiger partial charge in [-0.15, -0.1) is 10.2 Å². The van der Waals surface area contributed by atoms with Gasteiger partial charge in [-0.25, -0.2) is 4.68 Å². The van der Waals surface area contributed by atoms with Gasteiger partial charge in [0.05, 0.1) is 16.4 Å². The van der Waals surface area contributed by atoms with Crippen molar-refractivity contribution in [3.63, 3.8) is 0 Å². The van der Waals surface area contributed by atoms with E-state index in [9.17, 15) is 0 Å². The average Bonchev–Trinajstić information content (AvgIpc) is 3.39. The summed E-state index contributed by atoms with van der Waals surface area (Å²) < 4.78 is 7.82. The van der Waals surface area contributed by atoms with Crippen molar-refractivity contribution in [1.82, 2.24) is 20.0 Å². The van der Waals surface area contributed by atoms with Gasteiger partial charge in [-0.1, -0.05) is 65.2 Å². The number of aromatic nitrogens is 4. The Morgan fingerprint density at radius 1 is 1.00 bits per heavy atom. The Bertz CT molecular complexity index is 1280. The lowest BCUT2D eigenvalue weighted by atomic mass is 10.1. The molecule has 0 radical (unpaired) electrons. The monoisotopic (exact) mass is 520 g/mol. The fraction of sp³-hybridized carbons (Fsp3) is 0.292. The summed E-state index contributed by atoms with van der Waals surface area (Å²) in [6.07, 6.45) is 0.935. The van der Waals surface area contributed by atoms with E-state index >= 15 is 0 Å². The third-order valence-corrected chi connectivity index (χ3v) is 7.21. The van der Waals surface area contributed by atoms with Gasteiger partial charge in [0.15, 0.2) is 5.01 Å². The first-order valence-corrected chi connectivity index (χ1v) is 12.5. The minimum absolute atomic E-state index is 0.499. The van der Waals surface area contributed by atoms with Crippen LogP contribution < -0.4 is 0 Å². The van der Waals surface area contributed by atoms with Crippen LogP contribution >= 0.6 is 46.1 Å². The van der Waals surface area contributed by atoms with Crippen LogP contribution in [0.4, 0.5) is 0 Å². The number of hydrogen-bond acceptors (Lipinski definition) is 5. The van der Waals surface area contributed by atoms with Crippen molar-refractivity contribution in [2.45, 2.75) is 39.7 Å². The third-order valence-electron chi connectivity index (χ3n) is 5.19. The summed E-state index contributed by atoms with van der Waals surface area (Å²) in [6, 6.07) is 13.0. The summed E-state index contributed by atoms with van der Waals surface area (Å²) in [4.78, 5) is 0. The Labute approximate surface area is 212 Å². The van der Waals surface area contributed by atoms with Crippen molar-refractivity contribution in [3.8, 4) is 27.6 Å². The maximum atomic E-state index is 6.56. The van der Waals surface area contributed by atoms with Crippen molar-refractivity contribution in [3.05, 3.63) is 68.1 Å². The molecule has 5 nitrogen and oxygen atoms in total. The fourth-order valence-corrected chi connectivity index (χ4v) is 5.01. The van der Waals surface area contributed by atoms with E-state index in [1.54, 1.807) is 12.1 Å².